The number of ether oxygens (including phenoxy) is 1. The lowest BCUT2D eigenvalue weighted by atomic mass is 10.1. The third kappa shape index (κ3) is 4.57. The number of aryl methyl sites for hydroxylation is 3. The van der Waals surface area contributed by atoms with Gasteiger partial charge in [0.2, 0.25) is 15.9 Å². The number of amides is 2. The van der Waals surface area contributed by atoms with Crippen LogP contribution in [0.2, 0.25) is 0 Å². The van der Waals surface area contributed by atoms with Gasteiger partial charge in [-0.2, -0.15) is 4.31 Å². The van der Waals surface area contributed by atoms with Gasteiger partial charge in [0.05, 0.1) is 17.1 Å². The molecule has 166 valence electrons. The third-order valence-corrected chi connectivity index (χ3v) is 7.21. The van der Waals surface area contributed by atoms with Crippen LogP contribution in [0.3, 0.4) is 0 Å². The summed E-state index contributed by atoms with van der Waals surface area (Å²) in [4.78, 5) is 24.4. The lowest BCUT2D eigenvalue weighted by Crippen LogP contribution is -2.36. The van der Waals surface area contributed by atoms with Crippen molar-refractivity contribution in [3.05, 3.63) is 47.0 Å². The normalized spacial score (nSPS) is 15.8. The average molecular weight is 446 g/mol. The van der Waals surface area contributed by atoms with E-state index in [2.05, 4.69) is 10.6 Å². The van der Waals surface area contributed by atoms with Gasteiger partial charge in [-0.05, 0) is 49.9 Å². The molecule has 0 spiro atoms. The number of hydrogen-bond donors (Lipinski definition) is 2. The van der Waals surface area contributed by atoms with E-state index < -0.39 is 22.0 Å². The molecule has 2 amide bonds. The summed E-state index contributed by atoms with van der Waals surface area (Å²) >= 11 is 0. The van der Waals surface area contributed by atoms with Gasteiger partial charge in [-0.1, -0.05) is 25.1 Å². The molecule has 3 rings (SSSR count). The van der Waals surface area contributed by atoms with Crippen LogP contribution in [0.5, 0.6) is 5.75 Å². The number of fused-ring (bicyclic) bond motifs is 1. The van der Waals surface area contributed by atoms with Crippen molar-refractivity contribution < 1.29 is 22.7 Å². The van der Waals surface area contributed by atoms with Crippen LogP contribution in [0.25, 0.3) is 0 Å². The Balaban J connectivity index is 1.82. The van der Waals surface area contributed by atoms with E-state index in [0.29, 0.717) is 16.9 Å². The average Bonchev–Trinajstić information content (AvgIpc) is 2.70. The Morgan fingerprint density at radius 3 is 2.61 bits per heavy atom. The Morgan fingerprint density at radius 1 is 1.23 bits per heavy atom. The second-order valence-electron chi connectivity index (χ2n) is 7.64. The number of likely N-dealkylation sites (N-methyl/N-ethyl adjacent to an activating group) is 1. The number of hydrogen-bond acceptors (Lipinski definition) is 5. The van der Waals surface area contributed by atoms with Gasteiger partial charge in [-0.15, -0.1) is 0 Å². The number of benzene rings is 2. The SMILES string of the molecule is CCc1cccc(C)c1NC(=O)CN(C)S(=O)(=O)c1cc2c(cc1C)NC(=O)[C@@H](C)O2. The molecule has 1 aliphatic heterocycles. The van der Waals surface area contributed by atoms with Crippen molar-refractivity contribution in [3.8, 4) is 5.75 Å². The molecule has 2 N–H and O–H groups in total. The summed E-state index contributed by atoms with van der Waals surface area (Å²) < 4.78 is 32.9. The summed E-state index contributed by atoms with van der Waals surface area (Å²) in [7, 11) is -2.61. The fraction of sp³-hybridized carbons (Fsp3) is 0.364. The van der Waals surface area contributed by atoms with E-state index >= 15 is 0 Å². The summed E-state index contributed by atoms with van der Waals surface area (Å²) in [5, 5.41) is 5.54. The van der Waals surface area contributed by atoms with Crippen molar-refractivity contribution in [1.82, 2.24) is 4.31 Å². The van der Waals surface area contributed by atoms with Crippen LogP contribution >= 0.6 is 0 Å². The molecule has 1 aliphatic rings. The van der Waals surface area contributed by atoms with Crippen LogP contribution in [0.4, 0.5) is 11.4 Å². The van der Waals surface area contributed by atoms with E-state index in [1.807, 2.05) is 32.0 Å². The Labute approximate surface area is 182 Å². The zero-order valence-corrected chi connectivity index (χ0v) is 19.1. The molecule has 0 unspecified atom stereocenters. The van der Waals surface area contributed by atoms with E-state index in [1.54, 1.807) is 19.9 Å². The van der Waals surface area contributed by atoms with Crippen LogP contribution in [0.1, 0.15) is 30.5 Å². The van der Waals surface area contributed by atoms with Crippen molar-refractivity contribution in [1.29, 1.82) is 0 Å². The number of nitrogens with zero attached hydrogens (tertiary/aromatic N) is 1. The molecule has 2 aromatic rings. The van der Waals surface area contributed by atoms with Crippen molar-refractivity contribution in [2.75, 3.05) is 24.2 Å². The molecule has 0 aliphatic carbocycles. The largest absolute Gasteiger partial charge is 0.479 e. The maximum Gasteiger partial charge on any atom is 0.265 e. The van der Waals surface area contributed by atoms with E-state index in [-0.39, 0.29) is 23.1 Å². The number of nitrogens with one attached hydrogen (secondary N) is 2. The minimum atomic E-state index is -3.97. The quantitative estimate of drug-likeness (QED) is 0.711. The first-order chi connectivity index (χ1) is 14.5. The maximum atomic E-state index is 13.2. The summed E-state index contributed by atoms with van der Waals surface area (Å²) in [6.07, 6.45) is 0.0190. The van der Waals surface area contributed by atoms with Crippen LogP contribution in [0.15, 0.2) is 35.2 Å². The van der Waals surface area contributed by atoms with Gasteiger partial charge in [-0.3, -0.25) is 9.59 Å². The van der Waals surface area contributed by atoms with E-state index in [0.717, 1.165) is 21.9 Å². The van der Waals surface area contributed by atoms with Gasteiger partial charge in [0, 0.05) is 18.8 Å². The van der Waals surface area contributed by atoms with E-state index in [9.17, 15) is 18.0 Å². The van der Waals surface area contributed by atoms with Crippen LogP contribution in [-0.2, 0) is 26.0 Å². The fourth-order valence-corrected chi connectivity index (χ4v) is 4.80. The second-order valence-corrected chi connectivity index (χ2v) is 9.65. The van der Waals surface area contributed by atoms with Crippen LogP contribution in [-0.4, -0.2) is 44.2 Å². The molecule has 1 heterocycles. The summed E-state index contributed by atoms with van der Waals surface area (Å²) in [5.41, 5.74) is 3.47. The van der Waals surface area contributed by atoms with Crippen LogP contribution in [0, 0.1) is 13.8 Å². The number of rotatable bonds is 6. The molecule has 0 saturated heterocycles. The first kappa shape index (κ1) is 22.8. The first-order valence-electron chi connectivity index (χ1n) is 10.0. The van der Waals surface area contributed by atoms with E-state index in [1.165, 1.54) is 13.1 Å². The number of anilines is 2. The highest BCUT2D eigenvalue weighted by molar-refractivity contribution is 7.89. The molecular formula is C22H27N3O5S. The molecule has 0 bridgehead atoms. The molecular weight excluding hydrogens is 418 g/mol. The number of carbonyl (C=O) groups excluding carboxylic acids is 2. The molecule has 0 fully saturated rings. The summed E-state index contributed by atoms with van der Waals surface area (Å²) in [6.45, 7) is 6.76. The Bertz CT molecular complexity index is 1140. The number of sulfonamides is 1. The predicted molar refractivity (Wildman–Crippen MR) is 119 cm³/mol. The molecule has 0 saturated carbocycles. The number of para-hydroxylation sites is 1. The Hall–Kier alpha value is -2.91. The molecule has 8 nitrogen and oxygen atoms in total. The Morgan fingerprint density at radius 2 is 1.94 bits per heavy atom. The zero-order valence-electron chi connectivity index (χ0n) is 18.3. The topological polar surface area (TPSA) is 105 Å². The van der Waals surface area contributed by atoms with Gasteiger partial charge in [0.15, 0.2) is 6.10 Å². The van der Waals surface area contributed by atoms with Gasteiger partial charge in [0.25, 0.3) is 5.91 Å². The van der Waals surface area contributed by atoms with Gasteiger partial charge >= 0.3 is 0 Å². The van der Waals surface area contributed by atoms with Crippen molar-refractivity contribution >= 4 is 33.2 Å². The van der Waals surface area contributed by atoms with Gasteiger partial charge < -0.3 is 15.4 Å². The van der Waals surface area contributed by atoms with Gasteiger partial charge in [-0.25, -0.2) is 8.42 Å². The lowest BCUT2D eigenvalue weighted by molar-refractivity contribution is -0.122. The summed E-state index contributed by atoms with van der Waals surface area (Å²) in [5.74, 6) is -0.441. The molecule has 0 radical (unpaired) electrons. The fourth-order valence-electron chi connectivity index (χ4n) is 3.46. The smallest absolute Gasteiger partial charge is 0.265 e. The highest BCUT2D eigenvalue weighted by Gasteiger charge is 2.30. The van der Waals surface area contributed by atoms with Crippen molar-refractivity contribution in [2.45, 2.75) is 45.1 Å². The number of carbonyl (C=O) groups is 2. The van der Waals surface area contributed by atoms with Gasteiger partial charge in [0.1, 0.15) is 5.75 Å². The predicted octanol–water partition coefficient (Wildman–Crippen LogP) is 2.84. The minimum absolute atomic E-state index is 0.0232. The molecule has 9 heteroatoms. The molecule has 31 heavy (non-hydrogen) atoms. The van der Waals surface area contributed by atoms with Crippen molar-refractivity contribution in [2.24, 2.45) is 0 Å². The Kier molecular flexibility index (Phi) is 6.38. The molecule has 0 aromatic heterocycles. The van der Waals surface area contributed by atoms with Crippen molar-refractivity contribution in [3.63, 3.8) is 0 Å². The standard InChI is InChI=1S/C22H27N3O5S/c1-6-16-9-7-8-13(2)21(16)24-20(26)12-25(5)31(28,29)19-11-18-17(10-14(19)3)23-22(27)15(4)30-18/h7-11,15H,6,12H2,1-5H3,(H,23,27)(H,24,26)/t15-/m1/s1. The monoisotopic (exact) mass is 445 g/mol. The molecule has 2 aromatic carbocycles. The zero-order chi connectivity index (χ0) is 22.9. The second kappa shape index (κ2) is 8.68. The molecule has 1 atom stereocenters. The first-order valence-corrected chi connectivity index (χ1v) is 11.5. The van der Waals surface area contributed by atoms with E-state index in [4.69, 9.17) is 4.74 Å². The maximum absolute atomic E-state index is 13.2. The van der Waals surface area contributed by atoms with Crippen LogP contribution < -0.4 is 15.4 Å². The highest BCUT2D eigenvalue weighted by atomic mass is 32.2. The lowest BCUT2D eigenvalue weighted by Gasteiger charge is -2.25. The third-order valence-electron chi connectivity index (χ3n) is 5.27. The minimum Gasteiger partial charge on any atom is -0.479 e. The summed E-state index contributed by atoms with van der Waals surface area (Å²) in [6, 6.07) is 8.69. The highest BCUT2D eigenvalue weighted by Crippen LogP contribution is 2.35.